The van der Waals surface area contributed by atoms with E-state index >= 15 is 0 Å². The van der Waals surface area contributed by atoms with E-state index in [1.165, 1.54) is 12.3 Å². The molecule has 1 aliphatic heterocycles. The third-order valence-electron chi connectivity index (χ3n) is 4.28. The van der Waals surface area contributed by atoms with Crippen LogP contribution in [0.4, 0.5) is 5.69 Å². The second-order valence-corrected chi connectivity index (χ2v) is 6.65. The minimum absolute atomic E-state index is 0.242. The van der Waals surface area contributed by atoms with Crippen molar-refractivity contribution in [3.63, 3.8) is 0 Å². The van der Waals surface area contributed by atoms with Crippen LogP contribution in [0.5, 0.6) is 11.5 Å². The summed E-state index contributed by atoms with van der Waals surface area (Å²) in [5.41, 5.74) is 1.00. The highest BCUT2D eigenvalue weighted by Gasteiger charge is 2.20. The molecular formula is C21H17ClN2O5. The van der Waals surface area contributed by atoms with E-state index in [0.29, 0.717) is 47.3 Å². The fraction of sp³-hybridized carbons (Fsp3) is 0.143. The predicted octanol–water partition coefficient (Wildman–Crippen LogP) is 3.89. The van der Waals surface area contributed by atoms with Crippen LogP contribution in [-0.2, 0) is 6.54 Å². The Kier molecular flexibility index (Phi) is 5.39. The number of carbonyl (C=O) groups is 2. The first kappa shape index (κ1) is 18.9. The summed E-state index contributed by atoms with van der Waals surface area (Å²) in [6, 6.07) is 13.3. The Bertz CT molecular complexity index is 1050. The lowest BCUT2D eigenvalue weighted by Gasteiger charge is -2.20. The molecule has 2 aromatic carbocycles. The lowest BCUT2D eigenvalue weighted by atomic mass is 10.1. The molecule has 1 aliphatic rings. The van der Waals surface area contributed by atoms with Gasteiger partial charge in [0.15, 0.2) is 11.5 Å². The van der Waals surface area contributed by atoms with Gasteiger partial charge >= 0.3 is 0 Å². The Morgan fingerprint density at radius 2 is 1.83 bits per heavy atom. The van der Waals surface area contributed by atoms with Crippen molar-refractivity contribution >= 4 is 29.1 Å². The number of benzene rings is 2. The molecule has 3 aromatic rings. The summed E-state index contributed by atoms with van der Waals surface area (Å²) in [5.74, 6) is 0.712. The van der Waals surface area contributed by atoms with Crippen molar-refractivity contribution in [2.24, 2.45) is 0 Å². The van der Waals surface area contributed by atoms with Crippen molar-refractivity contribution in [1.29, 1.82) is 0 Å². The summed E-state index contributed by atoms with van der Waals surface area (Å²) in [6.45, 7) is 1.03. The van der Waals surface area contributed by atoms with E-state index in [4.69, 9.17) is 25.5 Å². The Balaban J connectivity index is 1.51. The van der Waals surface area contributed by atoms with E-state index in [2.05, 4.69) is 10.6 Å². The van der Waals surface area contributed by atoms with E-state index in [1.54, 1.807) is 42.5 Å². The van der Waals surface area contributed by atoms with Crippen molar-refractivity contribution in [2.45, 2.75) is 6.54 Å². The average molecular weight is 413 g/mol. The Hall–Kier alpha value is -3.45. The Morgan fingerprint density at radius 3 is 2.66 bits per heavy atom. The van der Waals surface area contributed by atoms with Gasteiger partial charge in [-0.05, 0) is 36.4 Å². The van der Waals surface area contributed by atoms with Crippen LogP contribution >= 0.6 is 11.6 Å². The Labute approximate surface area is 171 Å². The minimum Gasteiger partial charge on any atom is -0.486 e. The molecule has 2 heterocycles. The predicted molar refractivity (Wildman–Crippen MR) is 107 cm³/mol. The number of rotatable bonds is 5. The van der Waals surface area contributed by atoms with Crippen molar-refractivity contribution in [2.75, 3.05) is 18.5 Å². The van der Waals surface area contributed by atoms with Crippen LogP contribution in [0.25, 0.3) is 0 Å². The van der Waals surface area contributed by atoms with Gasteiger partial charge in [-0.25, -0.2) is 0 Å². The standard InChI is InChI=1S/C21H17ClN2O5/c22-16-10-13(11-18-19(16)29-9-8-28-18)20(25)24-17-6-2-1-5-15(17)21(26)23-12-14-4-3-7-27-14/h1-7,10-11H,8-9,12H2,(H,23,26)(H,24,25). The van der Waals surface area contributed by atoms with Gasteiger partial charge < -0.3 is 24.5 Å². The number of fused-ring (bicyclic) bond motifs is 1. The van der Waals surface area contributed by atoms with Crippen LogP contribution in [0.3, 0.4) is 0 Å². The van der Waals surface area contributed by atoms with E-state index in [1.807, 2.05) is 0 Å². The van der Waals surface area contributed by atoms with Crippen LogP contribution in [0, 0.1) is 0 Å². The lowest BCUT2D eigenvalue weighted by Crippen LogP contribution is -2.24. The fourth-order valence-electron chi connectivity index (χ4n) is 2.90. The molecule has 0 saturated carbocycles. The number of hydrogen-bond donors (Lipinski definition) is 2. The maximum absolute atomic E-state index is 12.8. The van der Waals surface area contributed by atoms with Crippen molar-refractivity contribution in [1.82, 2.24) is 5.32 Å². The van der Waals surface area contributed by atoms with E-state index < -0.39 is 5.91 Å². The third-order valence-corrected chi connectivity index (χ3v) is 4.56. The minimum atomic E-state index is -0.421. The first-order valence-corrected chi connectivity index (χ1v) is 9.30. The summed E-state index contributed by atoms with van der Waals surface area (Å²) >= 11 is 6.21. The zero-order valence-corrected chi connectivity index (χ0v) is 16.0. The molecule has 0 saturated heterocycles. The molecule has 7 nitrogen and oxygen atoms in total. The first-order chi connectivity index (χ1) is 14.1. The summed E-state index contributed by atoms with van der Waals surface area (Å²) in [5, 5.41) is 5.81. The highest BCUT2D eigenvalue weighted by atomic mass is 35.5. The number of furan rings is 1. The molecule has 0 atom stereocenters. The number of anilines is 1. The van der Waals surface area contributed by atoms with Gasteiger partial charge in [-0.3, -0.25) is 9.59 Å². The maximum Gasteiger partial charge on any atom is 0.255 e. The third kappa shape index (κ3) is 4.20. The SMILES string of the molecule is O=C(Nc1ccccc1C(=O)NCc1ccco1)c1cc(Cl)c2c(c1)OCCO2. The fourth-order valence-corrected chi connectivity index (χ4v) is 3.17. The zero-order valence-electron chi connectivity index (χ0n) is 15.2. The van der Waals surface area contributed by atoms with Crippen LogP contribution in [0.1, 0.15) is 26.5 Å². The van der Waals surface area contributed by atoms with Crippen LogP contribution in [0.2, 0.25) is 5.02 Å². The number of ether oxygens (including phenoxy) is 2. The van der Waals surface area contributed by atoms with Gasteiger partial charge in [0, 0.05) is 5.56 Å². The molecular weight excluding hydrogens is 396 g/mol. The summed E-state index contributed by atoms with van der Waals surface area (Å²) in [6.07, 6.45) is 1.54. The molecule has 0 radical (unpaired) electrons. The van der Waals surface area contributed by atoms with E-state index in [0.717, 1.165) is 0 Å². The molecule has 2 amide bonds. The molecule has 0 fully saturated rings. The van der Waals surface area contributed by atoms with Gasteiger partial charge in [0.2, 0.25) is 0 Å². The monoisotopic (exact) mass is 412 g/mol. The molecule has 0 unspecified atom stereocenters. The van der Waals surface area contributed by atoms with Crippen LogP contribution < -0.4 is 20.1 Å². The average Bonchev–Trinajstić information content (AvgIpc) is 3.26. The van der Waals surface area contributed by atoms with Gasteiger partial charge in [-0.1, -0.05) is 23.7 Å². The largest absolute Gasteiger partial charge is 0.486 e. The van der Waals surface area contributed by atoms with Crippen molar-refractivity contribution in [3.05, 3.63) is 76.7 Å². The molecule has 148 valence electrons. The molecule has 2 N–H and O–H groups in total. The highest BCUT2D eigenvalue weighted by molar-refractivity contribution is 6.32. The number of carbonyl (C=O) groups excluding carboxylic acids is 2. The van der Waals surface area contributed by atoms with Crippen molar-refractivity contribution in [3.8, 4) is 11.5 Å². The first-order valence-electron chi connectivity index (χ1n) is 8.92. The smallest absolute Gasteiger partial charge is 0.255 e. The summed E-state index contributed by atoms with van der Waals surface area (Å²) in [7, 11) is 0. The number of halogens is 1. The number of amides is 2. The quantitative estimate of drug-likeness (QED) is 0.663. The van der Waals surface area contributed by atoms with Gasteiger partial charge in [0.25, 0.3) is 11.8 Å². The number of hydrogen-bond acceptors (Lipinski definition) is 5. The second kappa shape index (κ2) is 8.28. The molecule has 0 spiro atoms. The number of para-hydroxylation sites is 1. The Morgan fingerprint density at radius 1 is 1.00 bits per heavy atom. The molecule has 4 rings (SSSR count). The second-order valence-electron chi connectivity index (χ2n) is 6.24. The van der Waals surface area contributed by atoms with Gasteiger partial charge in [0.1, 0.15) is 19.0 Å². The van der Waals surface area contributed by atoms with Crippen LogP contribution in [-0.4, -0.2) is 25.0 Å². The van der Waals surface area contributed by atoms with Crippen molar-refractivity contribution < 1.29 is 23.5 Å². The molecule has 0 aliphatic carbocycles. The maximum atomic E-state index is 12.8. The molecule has 1 aromatic heterocycles. The molecule has 29 heavy (non-hydrogen) atoms. The van der Waals surface area contributed by atoms with E-state index in [-0.39, 0.29) is 17.5 Å². The lowest BCUT2D eigenvalue weighted by molar-refractivity contribution is 0.0949. The molecule has 0 bridgehead atoms. The highest BCUT2D eigenvalue weighted by Crippen LogP contribution is 2.38. The molecule has 8 heteroatoms. The summed E-state index contributed by atoms with van der Waals surface area (Å²) in [4.78, 5) is 25.3. The van der Waals surface area contributed by atoms with Crippen LogP contribution in [0.15, 0.2) is 59.2 Å². The van der Waals surface area contributed by atoms with Gasteiger partial charge in [-0.15, -0.1) is 0 Å². The van der Waals surface area contributed by atoms with Gasteiger partial charge in [-0.2, -0.15) is 0 Å². The van der Waals surface area contributed by atoms with E-state index in [9.17, 15) is 9.59 Å². The zero-order chi connectivity index (χ0) is 20.2. The topological polar surface area (TPSA) is 89.8 Å². The number of nitrogens with one attached hydrogen (secondary N) is 2. The summed E-state index contributed by atoms with van der Waals surface area (Å²) < 4.78 is 16.2. The van der Waals surface area contributed by atoms with Gasteiger partial charge in [0.05, 0.1) is 29.1 Å². The normalized spacial score (nSPS) is 12.3.